The summed E-state index contributed by atoms with van der Waals surface area (Å²) in [5, 5.41) is 15.1. The zero-order valence-corrected chi connectivity index (χ0v) is 27.1. The second-order valence-corrected chi connectivity index (χ2v) is 11.6. The van der Waals surface area contributed by atoms with E-state index in [9.17, 15) is 24.3 Å². The van der Waals surface area contributed by atoms with Gasteiger partial charge in [-0.2, -0.15) is 9.97 Å². The molecule has 48 heavy (non-hydrogen) atoms. The lowest BCUT2D eigenvalue weighted by Gasteiger charge is -2.27. The summed E-state index contributed by atoms with van der Waals surface area (Å²) in [5.41, 5.74) is 13.6. The number of nitrogen functional groups attached to an aromatic ring is 2. The zero-order chi connectivity index (χ0) is 34.6. The number of carbonyl (C=O) groups excluding carboxylic acids is 3. The number of nitrogens with zero attached hydrogens (tertiary/aromatic N) is 6. The van der Waals surface area contributed by atoms with Crippen LogP contribution in [-0.4, -0.2) is 98.0 Å². The van der Waals surface area contributed by atoms with E-state index in [1.54, 1.807) is 31.3 Å². The number of likely N-dealkylation sites (N-methyl/N-ethyl adjacent to an activating group) is 2. The molecule has 1 unspecified atom stereocenters. The van der Waals surface area contributed by atoms with Gasteiger partial charge in [0.25, 0.3) is 5.91 Å². The van der Waals surface area contributed by atoms with E-state index in [4.69, 9.17) is 16.2 Å². The molecule has 2 heterocycles. The Kier molecular flexibility index (Phi) is 12.4. The van der Waals surface area contributed by atoms with Crippen LogP contribution in [0.3, 0.4) is 0 Å². The van der Waals surface area contributed by atoms with Crippen molar-refractivity contribution in [3.05, 3.63) is 53.9 Å². The molecule has 1 aliphatic rings. The average molecular weight is 663 g/mol. The van der Waals surface area contributed by atoms with Gasteiger partial charge in [0, 0.05) is 44.9 Å². The minimum absolute atomic E-state index is 0.00825. The Hall–Kier alpha value is -5.54. The molecule has 0 radical (unpaired) electrons. The summed E-state index contributed by atoms with van der Waals surface area (Å²) in [4.78, 5) is 69.7. The van der Waals surface area contributed by atoms with Crippen molar-refractivity contribution in [2.75, 3.05) is 44.0 Å². The van der Waals surface area contributed by atoms with Gasteiger partial charge in [-0.25, -0.2) is 14.8 Å². The number of allylic oxidation sites excluding steroid dienone is 1. The first-order valence-corrected chi connectivity index (χ1v) is 15.7. The molecule has 1 aromatic carbocycles. The molecule has 0 saturated heterocycles. The molecule has 2 aromatic heterocycles. The Morgan fingerprint density at radius 1 is 1.02 bits per heavy atom. The molecule has 4 rings (SSSR count). The molecule has 0 saturated carbocycles. The lowest BCUT2D eigenvalue weighted by atomic mass is 10.0. The maximum absolute atomic E-state index is 13.3. The number of benzene rings is 1. The molecular weight excluding hydrogens is 620 g/mol. The number of nitrogens with one attached hydrogen (secondary N) is 2. The van der Waals surface area contributed by atoms with E-state index in [1.807, 2.05) is 12.2 Å². The van der Waals surface area contributed by atoms with Crippen LogP contribution in [0.1, 0.15) is 61.0 Å². The summed E-state index contributed by atoms with van der Waals surface area (Å²) in [5.74, 6) is -1.98. The second kappa shape index (κ2) is 16.9. The number of aliphatic carboxylic acids is 1. The van der Waals surface area contributed by atoms with Crippen LogP contribution in [-0.2, 0) is 20.9 Å². The van der Waals surface area contributed by atoms with Gasteiger partial charge in [-0.3, -0.25) is 14.4 Å². The first-order valence-electron chi connectivity index (χ1n) is 15.7. The van der Waals surface area contributed by atoms with E-state index in [1.165, 1.54) is 23.0 Å². The van der Waals surface area contributed by atoms with Crippen molar-refractivity contribution in [1.82, 2.24) is 35.1 Å². The van der Waals surface area contributed by atoms with Crippen LogP contribution < -0.4 is 22.1 Å². The molecule has 3 aromatic rings. The fourth-order valence-electron chi connectivity index (χ4n) is 4.98. The summed E-state index contributed by atoms with van der Waals surface area (Å²) in [6, 6.07) is 5.43. The Labute approximate surface area is 278 Å². The van der Waals surface area contributed by atoms with Crippen LogP contribution in [0.15, 0.2) is 42.6 Å². The number of hydrogen-bond acceptors (Lipinski definition) is 12. The number of nitrogens with two attached hydrogens (primary N) is 2. The van der Waals surface area contributed by atoms with Crippen LogP contribution in [0, 0.1) is 0 Å². The minimum Gasteiger partial charge on any atom is -0.481 e. The van der Waals surface area contributed by atoms with Crippen LogP contribution in [0.2, 0.25) is 0 Å². The quantitative estimate of drug-likeness (QED) is 0.166. The number of carboxylic acid groups (broad SMARTS) is 1. The highest BCUT2D eigenvalue weighted by Crippen LogP contribution is 2.17. The molecule has 0 bridgehead atoms. The van der Waals surface area contributed by atoms with E-state index in [2.05, 4.69) is 30.6 Å². The predicted octanol–water partition coefficient (Wildman–Crippen LogP) is 2.58. The highest BCUT2D eigenvalue weighted by Gasteiger charge is 2.26. The van der Waals surface area contributed by atoms with E-state index in [0.29, 0.717) is 23.4 Å². The van der Waals surface area contributed by atoms with Gasteiger partial charge >= 0.3 is 12.1 Å². The van der Waals surface area contributed by atoms with Crippen LogP contribution in [0.25, 0.3) is 11.2 Å². The van der Waals surface area contributed by atoms with Crippen LogP contribution in [0.5, 0.6) is 0 Å². The maximum Gasteiger partial charge on any atom is 0.410 e. The third-order valence-corrected chi connectivity index (χ3v) is 7.79. The number of ether oxygens (including phenoxy) is 1. The summed E-state index contributed by atoms with van der Waals surface area (Å²) < 4.78 is 5.62. The number of fused-ring (bicyclic) bond motifs is 1. The zero-order valence-electron chi connectivity index (χ0n) is 27.1. The Balaban J connectivity index is 1.30. The summed E-state index contributed by atoms with van der Waals surface area (Å²) in [6.45, 7) is 0.632. The fraction of sp³-hybridized carbons (Fsp3) is 0.438. The van der Waals surface area contributed by atoms with Gasteiger partial charge in [-0.1, -0.05) is 12.5 Å². The van der Waals surface area contributed by atoms with Crippen molar-refractivity contribution in [3.8, 4) is 0 Å². The molecule has 2 atom stereocenters. The average Bonchev–Trinajstić information content (AvgIpc) is 3.05. The number of carboxylic acids is 1. The Morgan fingerprint density at radius 2 is 1.77 bits per heavy atom. The molecule has 3 amide bonds. The van der Waals surface area contributed by atoms with Crippen LogP contribution in [0.4, 0.5) is 22.2 Å². The fourth-order valence-corrected chi connectivity index (χ4v) is 4.98. The van der Waals surface area contributed by atoms with Gasteiger partial charge < -0.3 is 41.7 Å². The molecular formula is C32H42N10O6. The molecule has 256 valence electrons. The third-order valence-electron chi connectivity index (χ3n) is 7.79. The van der Waals surface area contributed by atoms with E-state index in [-0.39, 0.29) is 55.0 Å². The van der Waals surface area contributed by atoms with E-state index >= 15 is 0 Å². The highest BCUT2D eigenvalue weighted by molar-refractivity contribution is 5.98. The smallest absolute Gasteiger partial charge is 0.410 e. The third kappa shape index (κ3) is 10.2. The molecule has 16 nitrogen and oxygen atoms in total. The molecule has 7 N–H and O–H groups in total. The molecule has 1 aliphatic carbocycles. The number of rotatable bonds is 13. The lowest BCUT2D eigenvalue weighted by Crippen LogP contribution is -2.49. The molecule has 16 heteroatoms. The van der Waals surface area contributed by atoms with Gasteiger partial charge in [-0.05, 0) is 62.4 Å². The van der Waals surface area contributed by atoms with Gasteiger partial charge in [0.1, 0.15) is 12.1 Å². The second-order valence-electron chi connectivity index (χ2n) is 11.6. The van der Waals surface area contributed by atoms with E-state index < -0.39 is 29.9 Å². The number of anilines is 3. The van der Waals surface area contributed by atoms with Crippen molar-refractivity contribution in [3.63, 3.8) is 0 Å². The number of aromatic nitrogens is 4. The topological polar surface area (TPSA) is 232 Å². The normalized spacial score (nSPS) is 15.8. The van der Waals surface area contributed by atoms with Crippen molar-refractivity contribution >= 4 is 52.5 Å². The monoisotopic (exact) mass is 662 g/mol. The summed E-state index contributed by atoms with van der Waals surface area (Å²) >= 11 is 0. The number of carbonyl (C=O) groups is 4. The van der Waals surface area contributed by atoms with Gasteiger partial charge in [0.15, 0.2) is 17.0 Å². The SMILES string of the molecule is CN(CCN(C)C(=O)[C@@H](CCC(=O)O)NC(=O)c1ccc(NCc2cnc3nc(N)nc(N)c3n2)cc1)C(=O)OC1/C=C/CCCCC1. The van der Waals surface area contributed by atoms with Crippen molar-refractivity contribution < 1.29 is 29.0 Å². The maximum atomic E-state index is 13.3. The van der Waals surface area contributed by atoms with Crippen LogP contribution >= 0.6 is 0 Å². The Bertz CT molecular complexity index is 1630. The lowest BCUT2D eigenvalue weighted by molar-refractivity contribution is -0.137. The first-order chi connectivity index (χ1) is 23.0. The molecule has 0 fully saturated rings. The minimum atomic E-state index is -1.10. The summed E-state index contributed by atoms with van der Waals surface area (Å²) in [7, 11) is 3.13. The molecule has 0 spiro atoms. The van der Waals surface area contributed by atoms with Gasteiger partial charge in [0.2, 0.25) is 11.9 Å². The van der Waals surface area contributed by atoms with Gasteiger partial charge in [0.05, 0.1) is 18.4 Å². The number of hydrogen-bond donors (Lipinski definition) is 5. The molecule has 0 aliphatic heterocycles. The number of amides is 3. The predicted molar refractivity (Wildman–Crippen MR) is 179 cm³/mol. The first kappa shape index (κ1) is 35.3. The van der Waals surface area contributed by atoms with Gasteiger partial charge in [-0.15, -0.1) is 0 Å². The highest BCUT2D eigenvalue weighted by atomic mass is 16.6. The van der Waals surface area contributed by atoms with Crippen molar-refractivity contribution in [1.29, 1.82) is 0 Å². The van der Waals surface area contributed by atoms with Crippen molar-refractivity contribution in [2.45, 2.75) is 63.6 Å². The summed E-state index contributed by atoms with van der Waals surface area (Å²) in [6.07, 6.45) is 9.23. The standard InChI is InChI=1S/C32H42N10O6/c1-41(16-17-42(2)32(47)48-23-8-6-4-3-5-7-9-23)30(46)24(14-15-25(43)44)38-29(45)20-10-12-21(13-11-20)35-18-22-19-36-28-26(37-22)27(33)39-31(34)40-28/h6,8,10-13,19,23-24,35H,3-5,7,9,14-18H2,1-2H3,(H,38,45)(H,43,44)(H4,33,34,36,39,40)/b8-6+/t23?,24-/m1/s1. The largest absolute Gasteiger partial charge is 0.481 e. The van der Waals surface area contributed by atoms with E-state index in [0.717, 1.165) is 32.1 Å². The van der Waals surface area contributed by atoms with Crippen molar-refractivity contribution in [2.24, 2.45) is 0 Å². The Morgan fingerprint density at radius 3 is 2.52 bits per heavy atom.